The van der Waals surface area contributed by atoms with Crippen LogP contribution in [-0.2, 0) is 9.53 Å². The maximum atomic E-state index is 11.1. The van der Waals surface area contributed by atoms with E-state index in [1.807, 2.05) is 19.1 Å². The average molecular weight is 284 g/mol. The monoisotopic (exact) mass is 283 g/mol. The molecular formula is C12H14BrNO2. The first-order chi connectivity index (χ1) is 7.54. The van der Waals surface area contributed by atoms with E-state index in [-0.39, 0.29) is 5.97 Å². The smallest absolute Gasteiger partial charge is 0.330 e. The van der Waals surface area contributed by atoms with Crippen molar-refractivity contribution in [2.45, 2.75) is 13.8 Å². The predicted octanol–water partition coefficient (Wildman–Crippen LogP) is 2.92. The van der Waals surface area contributed by atoms with Crippen molar-refractivity contribution >= 4 is 33.7 Å². The fourth-order valence-corrected chi connectivity index (χ4v) is 1.86. The zero-order valence-corrected chi connectivity index (χ0v) is 10.9. The molecule has 4 heteroatoms. The van der Waals surface area contributed by atoms with Gasteiger partial charge in [-0.1, -0.05) is 0 Å². The highest BCUT2D eigenvalue weighted by Crippen LogP contribution is 2.26. The number of nitrogen functional groups attached to an aromatic ring is 1. The first-order valence-corrected chi connectivity index (χ1v) is 5.74. The Bertz CT molecular complexity index is 427. The summed E-state index contributed by atoms with van der Waals surface area (Å²) >= 11 is 3.36. The second kappa shape index (κ2) is 5.70. The van der Waals surface area contributed by atoms with Gasteiger partial charge in [0.2, 0.25) is 0 Å². The van der Waals surface area contributed by atoms with Crippen molar-refractivity contribution in [1.82, 2.24) is 0 Å². The van der Waals surface area contributed by atoms with Gasteiger partial charge in [0.05, 0.1) is 12.3 Å². The van der Waals surface area contributed by atoms with Gasteiger partial charge in [-0.25, -0.2) is 4.79 Å². The number of ether oxygens (including phenoxy) is 1. The lowest BCUT2D eigenvalue weighted by Crippen LogP contribution is -1.99. The molecule has 0 unspecified atom stereocenters. The largest absolute Gasteiger partial charge is 0.463 e. The first kappa shape index (κ1) is 12.8. The minimum absolute atomic E-state index is 0.362. The van der Waals surface area contributed by atoms with E-state index in [2.05, 4.69) is 15.9 Å². The highest BCUT2D eigenvalue weighted by molar-refractivity contribution is 9.10. The number of halogens is 1. The van der Waals surface area contributed by atoms with Crippen LogP contribution in [0.3, 0.4) is 0 Å². The molecule has 0 bridgehead atoms. The van der Waals surface area contributed by atoms with Gasteiger partial charge >= 0.3 is 5.97 Å². The molecule has 0 atom stereocenters. The van der Waals surface area contributed by atoms with Gasteiger partial charge in [0, 0.05) is 10.5 Å². The Balaban J connectivity index is 2.93. The molecule has 86 valence electrons. The third-order valence-electron chi connectivity index (χ3n) is 1.99. The number of esters is 1. The molecule has 1 aromatic carbocycles. The molecule has 0 aliphatic carbocycles. The number of anilines is 1. The molecule has 0 aliphatic rings. The molecular weight excluding hydrogens is 270 g/mol. The summed E-state index contributed by atoms with van der Waals surface area (Å²) in [6, 6.07) is 3.84. The summed E-state index contributed by atoms with van der Waals surface area (Å²) in [5.74, 6) is -0.362. The Labute approximate surface area is 103 Å². The Morgan fingerprint density at radius 2 is 2.25 bits per heavy atom. The van der Waals surface area contributed by atoms with Crippen molar-refractivity contribution in [1.29, 1.82) is 0 Å². The van der Waals surface area contributed by atoms with Crippen molar-refractivity contribution < 1.29 is 9.53 Å². The number of nitrogens with two attached hydrogens (primary N) is 1. The van der Waals surface area contributed by atoms with Gasteiger partial charge in [-0.05, 0) is 59.1 Å². The molecule has 1 rings (SSSR count). The van der Waals surface area contributed by atoms with Gasteiger partial charge in [-0.2, -0.15) is 0 Å². The Kier molecular flexibility index (Phi) is 4.55. The SMILES string of the molecule is CCOC(=O)C=Cc1cc(C)cc(Br)c1N. The number of carbonyl (C=O) groups is 1. The van der Waals surface area contributed by atoms with Crippen LogP contribution in [0.25, 0.3) is 6.08 Å². The van der Waals surface area contributed by atoms with E-state index in [1.54, 1.807) is 13.0 Å². The molecule has 0 saturated heterocycles. The predicted molar refractivity (Wildman–Crippen MR) is 69.0 cm³/mol. The zero-order chi connectivity index (χ0) is 12.1. The van der Waals surface area contributed by atoms with Gasteiger partial charge in [0.15, 0.2) is 0 Å². The van der Waals surface area contributed by atoms with E-state index in [0.29, 0.717) is 12.3 Å². The summed E-state index contributed by atoms with van der Waals surface area (Å²) in [5.41, 5.74) is 8.36. The van der Waals surface area contributed by atoms with Crippen LogP contribution in [0.4, 0.5) is 5.69 Å². The minimum atomic E-state index is -0.362. The van der Waals surface area contributed by atoms with Crippen LogP contribution < -0.4 is 5.73 Å². The molecule has 1 aromatic rings. The molecule has 3 nitrogen and oxygen atoms in total. The quantitative estimate of drug-likeness (QED) is 0.527. The minimum Gasteiger partial charge on any atom is -0.463 e. The molecule has 0 saturated carbocycles. The number of aryl methyl sites for hydroxylation is 1. The fourth-order valence-electron chi connectivity index (χ4n) is 1.27. The number of carbonyl (C=O) groups excluding carboxylic acids is 1. The van der Waals surface area contributed by atoms with Gasteiger partial charge in [0.1, 0.15) is 0 Å². The molecule has 0 aromatic heterocycles. The van der Waals surface area contributed by atoms with Crippen molar-refractivity contribution in [2.75, 3.05) is 12.3 Å². The van der Waals surface area contributed by atoms with Crippen molar-refractivity contribution in [3.05, 3.63) is 33.8 Å². The molecule has 0 radical (unpaired) electrons. The van der Waals surface area contributed by atoms with Crippen LogP contribution in [0.15, 0.2) is 22.7 Å². The Morgan fingerprint density at radius 3 is 2.88 bits per heavy atom. The lowest BCUT2D eigenvalue weighted by Gasteiger charge is -2.05. The number of rotatable bonds is 3. The highest BCUT2D eigenvalue weighted by Gasteiger charge is 2.02. The topological polar surface area (TPSA) is 52.3 Å². The number of hydrogen-bond acceptors (Lipinski definition) is 3. The second-order valence-electron chi connectivity index (χ2n) is 3.34. The number of hydrogen-bond donors (Lipinski definition) is 1. The van der Waals surface area contributed by atoms with Crippen LogP contribution in [0.1, 0.15) is 18.1 Å². The van der Waals surface area contributed by atoms with E-state index in [1.165, 1.54) is 6.08 Å². The summed E-state index contributed by atoms with van der Waals surface area (Å²) in [6.45, 7) is 4.10. The molecule has 16 heavy (non-hydrogen) atoms. The summed E-state index contributed by atoms with van der Waals surface area (Å²) in [6.07, 6.45) is 3.03. The lowest BCUT2D eigenvalue weighted by atomic mass is 10.1. The molecule has 0 amide bonds. The van der Waals surface area contributed by atoms with E-state index < -0.39 is 0 Å². The maximum absolute atomic E-state index is 11.1. The van der Waals surface area contributed by atoms with E-state index in [0.717, 1.165) is 15.6 Å². The Morgan fingerprint density at radius 1 is 1.56 bits per heavy atom. The third-order valence-corrected chi connectivity index (χ3v) is 2.65. The van der Waals surface area contributed by atoms with Crippen molar-refractivity contribution in [2.24, 2.45) is 0 Å². The normalized spacial score (nSPS) is 10.7. The summed E-state index contributed by atoms with van der Waals surface area (Å²) in [4.78, 5) is 11.1. The molecule has 2 N–H and O–H groups in total. The first-order valence-electron chi connectivity index (χ1n) is 4.95. The van der Waals surface area contributed by atoms with Gasteiger partial charge in [0.25, 0.3) is 0 Å². The molecule has 0 aliphatic heterocycles. The summed E-state index contributed by atoms with van der Waals surface area (Å²) < 4.78 is 5.62. The molecule has 0 heterocycles. The van der Waals surface area contributed by atoms with Crippen LogP contribution in [0.5, 0.6) is 0 Å². The second-order valence-corrected chi connectivity index (χ2v) is 4.19. The standard InChI is InChI=1S/C12H14BrNO2/c1-3-16-11(15)5-4-9-6-8(2)7-10(13)12(9)14/h4-7H,3,14H2,1-2H3. The Hall–Kier alpha value is -1.29. The molecule has 0 fully saturated rings. The average Bonchev–Trinajstić information content (AvgIpc) is 2.21. The van der Waals surface area contributed by atoms with Crippen LogP contribution >= 0.6 is 15.9 Å². The van der Waals surface area contributed by atoms with Crippen molar-refractivity contribution in [3.63, 3.8) is 0 Å². The highest BCUT2D eigenvalue weighted by atomic mass is 79.9. The van der Waals surface area contributed by atoms with E-state index >= 15 is 0 Å². The van der Waals surface area contributed by atoms with Gasteiger partial charge in [-0.3, -0.25) is 0 Å². The summed E-state index contributed by atoms with van der Waals surface area (Å²) in [7, 11) is 0. The lowest BCUT2D eigenvalue weighted by molar-refractivity contribution is -0.137. The van der Waals surface area contributed by atoms with Crippen LogP contribution in [0, 0.1) is 6.92 Å². The maximum Gasteiger partial charge on any atom is 0.330 e. The van der Waals surface area contributed by atoms with E-state index in [9.17, 15) is 4.79 Å². The number of benzene rings is 1. The zero-order valence-electron chi connectivity index (χ0n) is 9.29. The van der Waals surface area contributed by atoms with Crippen LogP contribution in [0.2, 0.25) is 0 Å². The summed E-state index contributed by atoms with van der Waals surface area (Å²) in [5, 5.41) is 0. The van der Waals surface area contributed by atoms with Crippen molar-refractivity contribution in [3.8, 4) is 0 Å². The van der Waals surface area contributed by atoms with E-state index in [4.69, 9.17) is 10.5 Å². The van der Waals surface area contributed by atoms with Crippen LogP contribution in [-0.4, -0.2) is 12.6 Å². The van der Waals surface area contributed by atoms with Gasteiger partial charge < -0.3 is 10.5 Å². The fraction of sp³-hybridized carbons (Fsp3) is 0.250. The third kappa shape index (κ3) is 3.38. The van der Waals surface area contributed by atoms with Gasteiger partial charge in [-0.15, -0.1) is 0 Å². The molecule has 0 spiro atoms.